The van der Waals surface area contributed by atoms with E-state index in [2.05, 4.69) is 5.32 Å². The van der Waals surface area contributed by atoms with E-state index in [0.29, 0.717) is 0 Å². The van der Waals surface area contributed by atoms with Crippen LogP contribution < -0.4 is 34.9 Å². The Bertz CT molecular complexity index is 618. The van der Waals surface area contributed by atoms with E-state index < -0.39 is 37.1 Å². The van der Waals surface area contributed by atoms with Gasteiger partial charge in [0.15, 0.2) is 0 Å². The molecule has 1 aromatic carbocycles. The molecule has 0 aromatic heterocycles. The summed E-state index contributed by atoms with van der Waals surface area (Å²) in [5.41, 5.74) is -1.07. The molecule has 20 heavy (non-hydrogen) atoms. The summed E-state index contributed by atoms with van der Waals surface area (Å²) in [7, 11) is -4.19. The number of nitrogens with one attached hydrogen (secondary N) is 1. The van der Waals surface area contributed by atoms with E-state index in [1.54, 1.807) is 0 Å². The molecule has 0 unspecified atom stereocenters. The zero-order valence-corrected chi connectivity index (χ0v) is 13.2. The van der Waals surface area contributed by atoms with Gasteiger partial charge in [-0.2, -0.15) is 8.42 Å². The first-order valence-corrected chi connectivity index (χ1v) is 6.43. The van der Waals surface area contributed by atoms with Crippen LogP contribution in [0.5, 0.6) is 0 Å². The number of hydrogen-bond acceptors (Lipinski definition) is 7. The predicted molar refractivity (Wildman–Crippen MR) is 64.7 cm³/mol. The van der Waals surface area contributed by atoms with Crippen molar-refractivity contribution in [2.45, 2.75) is 0 Å². The number of nitrogens with zero attached hydrogens (tertiary/aromatic N) is 2. The van der Waals surface area contributed by atoms with Gasteiger partial charge in [0.25, 0.3) is 21.5 Å². The second-order valence-corrected chi connectivity index (χ2v) is 5.00. The van der Waals surface area contributed by atoms with Crippen LogP contribution in [-0.4, -0.2) is 35.1 Å². The van der Waals surface area contributed by atoms with Crippen molar-refractivity contribution < 1.29 is 52.4 Å². The largest absolute Gasteiger partial charge is 1.00 e. The normalized spacial score (nSPS) is 10.4. The third-order valence-corrected chi connectivity index (χ3v) is 2.78. The van der Waals surface area contributed by atoms with Crippen molar-refractivity contribution in [1.29, 1.82) is 0 Å². The summed E-state index contributed by atoms with van der Waals surface area (Å²) in [6.45, 7) is -0.266. The maximum Gasteiger partial charge on any atom is 1.00 e. The average Bonchev–Trinajstić information content (AvgIpc) is 2.27. The number of benzene rings is 1. The van der Waals surface area contributed by atoms with Crippen LogP contribution in [0.25, 0.3) is 0 Å². The first-order valence-electron chi connectivity index (χ1n) is 4.82. The van der Waals surface area contributed by atoms with E-state index in [4.69, 9.17) is 4.55 Å². The average molecular weight is 314 g/mol. The zero-order valence-electron chi connectivity index (χ0n) is 10.3. The first kappa shape index (κ1) is 18.7. The van der Waals surface area contributed by atoms with Crippen LogP contribution in [0.1, 0.15) is 0 Å². The predicted octanol–water partition coefficient (Wildman–Crippen LogP) is -2.19. The molecule has 0 saturated heterocycles. The van der Waals surface area contributed by atoms with Gasteiger partial charge in [-0.3, -0.25) is 24.8 Å². The fourth-order valence-electron chi connectivity index (χ4n) is 1.25. The van der Waals surface area contributed by atoms with E-state index in [0.717, 1.165) is 18.2 Å². The van der Waals surface area contributed by atoms with Gasteiger partial charge >= 0.3 is 29.6 Å². The summed E-state index contributed by atoms with van der Waals surface area (Å²) in [5.74, 6) is -0.638. The summed E-state index contributed by atoms with van der Waals surface area (Å²) in [4.78, 5) is 19.6. The van der Waals surface area contributed by atoms with Crippen molar-refractivity contribution in [2.75, 3.05) is 17.6 Å². The topological polar surface area (TPSA) is 153 Å². The first-order chi connectivity index (χ1) is 8.70. The van der Waals surface area contributed by atoms with Crippen LogP contribution in [0.3, 0.4) is 0 Å². The van der Waals surface area contributed by atoms with Gasteiger partial charge in [-0.05, 0) is 6.07 Å². The molecular weight excluding hydrogens is 305 g/mol. The Labute approximate surface area is 135 Å². The third kappa shape index (κ3) is 5.79. The molecule has 12 heteroatoms. The minimum absolute atomic E-state index is 0. The second kappa shape index (κ2) is 7.50. The van der Waals surface area contributed by atoms with Gasteiger partial charge in [-0.15, -0.1) is 0 Å². The van der Waals surface area contributed by atoms with E-state index in [9.17, 15) is 28.6 Å². The molecule has 0 amide bonds. The van der Waals surface area contributed by atoms with Crippen molar-refractivity contribution in [3.05, 3.63) is 38.4 Å². The second-order valence-electron chi connectivity index (χ2n) is 3.43. The molecule has 0 radical (unpaired) electrons. The van der Waals surface area contributed by atoms with Gasteiger partial charge in [0, 0.05) is 12.6 Å². The molecule has 0 bridgehead atoms. The van der Waals surface area contributed by atoms with Gasteiger partial charge in [0.05, 0.1) is 21.7 Å². The fraction of sp³-hybridized carbons (Fsp3) is 0.250. The van der Waals surface area contributed by atoms with E-state index in [1.165, 1.54) is 0 Å². The quantitative estimate of drug-likeness (QED) is 0.260. The van der Waals surface area contributed by atoms with Gasteiger partial charge in [-0.25, -0.2) is 0 Å². The zero-order chi connectivity index (χ0) is 14.6. The fourth-order valence-corrected chi connectivity index (χ4v) is 1.61. The smallest absolute Gasteiger partial charge is 0.378 e. The Kier molecular flexibility index (Phi) is 7.02. The van der Waals surface area contributed by atoms with Crippen molar-refractivity contribution in [1.82, 2.24) is 0 Å². The number of nitro benzene ring substituents is 2. The summed E-state index contributed by atoms with van der Waals surface area (Å²) in [6.07, 6.45) is 0. The molecule has 0 aliphatic heterocycles. The molecule has 0 saturated carbocycles. The molecule has 2 N–H and O–H groups in total. The molecule has 1 rings (SSSR count). The van der Waals surface area contributed by atoms with Crippen LogP contribution in [-0.2, 0) is 10.1 Å². The van der Waals surface area contributed by atoms with Crippen molar-refractivity contribution >= 4 is 27.2 Å². The summed E-state index contributed by atoms with van der Waals surface area (Å²) >= 11 is 0. The van der Waals surface area contributed by atoms with Gasteiger partial charge in [0.1, 0.15) is 5.69 Å². The molecule has 104 valence electrons. The molecule has 10 nitrogen and oxygen atoms in total. The number of hydrogen-bond donors (Lipinski definition) is 2. The maximum absolute atomic E-state index is 10.7. The van der Waals surface area contributed by atoms with Crippen molar-refractivity contribution in [3.8, 4) is 0 Å². The van der Waals surface area contributed by atoms with E-state index in [1.807, 2.05) is 0 Å². The molecule has 0 aliphatic rings. The minimum atomic E-state index is -4.19. The number of non-ortho nitro benzene ring substituents is 1. The Morgan fingerprint density at radius 1 is 1.20 bits per heavy atom. The van der Waals surface area contributed by atoms with Crippen LogP contribution in [0.4, 0.5) is 17.1 Å². The van der Waals surface area contributed by atoms with E-state index in [-0.39, 0.29) is 41.8 Å². The Morgan fingerprint density at radius 2 is 1.80 bits per heavy atom. The number of anilines is 1. The SMILES string of the molecule is O=[N+]([O-])c1ccc(NCCS(=O)(=O)O)c([N+](=O)[O-])c1.[Na+]. The van der Waals surface area contributed by atoms with Crippen LogP contribution in [0, 0.1) is 20.2 Å². The number of rotatable bonds is 6. The summed E-state index contributed by atoms with van der Waals surface area (Å²) < 4.78 is 29.5. The van der Waals surface area contributed by atoms with Crippen molar-refractivity contribution in [3.63, 3.8) is 0 Å². The number of nitro groups is 2. The minimum Gasteiger partial charge on any atom is -0.378 e. The monoisotopic (exact) mass is 314 g/mol. The third-order valence-electron chi connectivity index (χ3n) is 2.06. The Morgan fingerprint density at radius 3 is 2.25 bits per heavy atom. The van der Waals surface area contributed by atoms with Gasteiger partial charge in [-0.1, -0.05) is 0 Å². The molecule has 0 atom stereocenters. The van der Waals surface area contributed by atoms with Crippen LogP contribution in [0.2, 0.25) is 0 Å². The van der Waals surface area contributed by atoms with Crippen molar-refractivity contribution in [2.24, 2.45) is 0 Å². The standard InChI is InChI=1S/C8H9N3O7S.Na/c12-10(13)6-1-2-7(8(5-6)11(14)15)9-3-4-19(16,17)18;/h1-2,5,9H,3-4H2,(H,16,17,18);/q;+1. The Hall–Kier alpha value is -1.27. The Balaban J connectivity index is 0.00000361. The van der Waals surface area contributed by atoms with Gasteiger partial charge < -0.3 is 5.32 Å². The summed E-state index contributed by atoms with van der Waals surface area (Å²) in [5, 5.41) is 23.6. The molecule has 0 fully saturated rings. The van der Waals surface area contributed by atoms with E-state index >= 15 is 0 Å². The molecule has 0 spiro atoms. The van der Waals surface area contributed by atoms with Crippen LogP contribution in [0.15, 0.2) is 18.2 Å². The molecule has 0 aliphatic carbocycles. The molecule has 0 heterocycles. The van der Waals surface area contributed by atoms with Gasteiger partial charge in [0.2, 0.25) is 0 Å². The molecular formula is C8H9N3NaO7S+. The maximum atomic E-state index is 10.7. The molecule has 1 aromatic rings. The van der Waals surface area contributed by atoms with Crippen LogP contribution >= 0.6 is 0 Å². The summed E-state index contributed by atoms with van der Waals surface area (Å²) in [6, 6.07) is 2.90.